The highest BCUT2D eigenvalue weighted by Gasteiger charge is 2.05. The van der Waals surface area contributed by atoms with Gasteiger partial charge in [-0.25, -0.2) is 4.98 Å². The van der Waals surface area contributed by atoms with Crippen LogP contribution in [0.3, 0.4) is 0 Å². The molecule has 0 aliphatic heterocycles. The molecule has 78 valence electrons. The van der Waals surface area contributed by atoms with E-state index in [1.165, 1.54) is 12.8 Å². The molecule has 1 atom stereocenters. The largest absolute Gasteiger partial charge is 0.366 e. The predicted octanol–water partition coefficient (Wildman–Crippen LogP) is 2.78. The highest BCUT2D eigenvalue weighted by atomic mass is 15.0. The van der Waals surface area contributed by atoms with Crippen molar-refractivity contribution >= 4 is 5.82 Å². The summed E-state index contributed by atoms with van der Waals surface area (Å²) in [5, 5.41) is 3.40. The van der Waals surface area contributed by atoms with Crippen LogP contribution in [0.4, 0.5) is 5.82 Å². The average molecular weight is 193 g/mol. The van der Waals surface area contributed by atoms with Crippen LogP contribution < -0.4 is 5.32 Å². The lowest BCUT2D eigenvalue weighted by atomic mass is 10.1. The third kappa shape index (κ3) is 3.32. The van der Waals surface area contributed by atoms with Crippen molar-refractivity contribution in [2.24, 2.45) is 0 Å². The van der Waals surface area contributed by atoms with Gasteiger partial charge in [-0.15, -0.1) is 0 Å². The third-order valence-corrected chi connectivity index (χ3v) is 2.24. The summed E-state index contributed by atoms with van der Waals surface area (Å²) >= 11 is 0. The smallest absolute Gasteiger partial charge is 0.145 e. The van der Waals surface area contributed by atoms with Crippen LogP contribution in [-0.4, -0.2) is 16.0 Å². The lowest BCUT2D eigenvalue weighted by Crippen LogP contribution is -2.19. The van der Waals surface area contributed by atoms with Gasteiger partial charge >= 0.3 is 0 Å². The topological polar surface area (TPSA) is 37.8 Å². The first-order chi connectivity index (χ1) is 6.76. The normalized spacial score (nSPS) is 12.5. The van der Waals surface area contributed by atoms with E-state index < -0.39 is 0 Å². The molecule has 0 saturated heterocycles. The van der Waals surface area contributed by atoms with Gasteiger partial charge in [-0.2, -0.15) is 0 Å². The minimum atomic E-state index is 0.524. The lowest BCUT2D eigenvalue weighted by Gasteiger charge is -2.16. The number of hydrogen-bond donors (Lipinski definition) is 1. The van der Waals surface area contributed by atoms with Gasteiger partial charge in [-0.05, 0) is 19.8 Å². The molecule has 0 amide bonds. The summed E-state index contributed by atoms with van der Waals surface area (Å²) in [5.41, 5.74) is 0.960. The Labute approximate surface area is 86.0 Å². The summed E-state index contributed by atoms with van der Waals surface area (Å²) in [6.07, 6.45) is 7.07. The molecule has 1 aromatic rings. The molecule has 0 bridgehead atoms. The molecule has 0 saturated carbocycles. The van der Waals surface area contributed by atoms with Gasteiger partial charge in [-0.3, -0.25) is 4.98 Å². The molecule has 1 N–H and O–H groups in total. The summed E-state index contributed by atoms with van der Waals surface area (Å²) < 4.78 is 0. The van der Waals surface area contributed by atoms with Gasteiger partial charge in [-0.1, -0.05) is 20.3 Å². The standard InChI is InChI=1S/C11H19N3/c1-4-6-10(5-2)14-11-8-12-7-9(3)13-11/h7-8,10H,4-6H2,1-3H3,(H,13,14). The van der Waals surface area contributed by atoms with Gasteiger partial charge in [0.15, 0.2) is 0 Å². The number of nitrogens with one attached hydrogen (secondary N) is 1. The Kier molecular flexibility index (Phi) is 4.36. The molecule has 3 nitrogen and oxygen atoms in total. The van der Waals surface area contributed by atoms with Gasteiger partial charge in [0.2, 0.25) is 0 Å². The molecule has 0 aliphatic carbocycles. The molecule has 0 fully saturated rings. The van der Waals surface area contributed by atoms with E-state index in [9.17, 15) is 0 Å². The number of aryl methyl sites for hydroxylation is 1. The first-order valence-electron chi connectivity index (χ1n) is 5.31. The van der Waals surface area contributed by atoms with Crippen LogP contribution in [0, 0.1) is 6.92 Å². The zero-order valence-electron chi connectivity index (χ0n) is 9.25. The van der Waals surface area contributed by atoms with E-state index in [1.807, 2.05) is 6.92 Å². The molecule has 0 spiro atoms. The molecular formula is C11H19N3. The number of rotatable bonds is 5. The minimum absolute atomic E-state index is 0.524. The molecule has 14 heavy (non-hydrogen) atoms. The van der Waals surface area contributed by atoms with Crippen molar-refractivity contribution in [3.63, 3.8) is 0 Å². The Morgan fingerprint density at radius 3 is 2.71 bits per heavy atom. The van der Waals surface area contributed by atoms with Crippen LogP contribution in [-0.2, 0) is 0 Å². The Balaban J connectivity index is 2.57. The van der Waals surface area contributed by atoms with E-state index >= 15 is 0 Å². The summed E-state index contributed by atoms with van der Waals surface area (Å²) in [4.78, 5) is 8.48. The van der Waals surface area contributed by atoms with E-state index in [0.29, 0.717) is 6.04 Å². The Morgan fingerprint density at radius 1 is 1.36 bits per heavy atom. The molecule has 3 heteroatoms. The van der Waals surface area contributed by atoms with Crippen molar-refractivity contribution < 1.29 is 0 Å². The van der Waals surface area contributed by atoms with E-state index in [-0.39, 0.29) is 0 Å². The molecule has 0 radical (unpaired) electrons. The highest BCUT2D eigenvalue weighted by Crippen LogP contribution is 2.09. The summed E-state index contributed by atoms with van der Waals surface area (Å²) in [6, 6.07) is 0.524. The van der Waals surface area contributed by atoms with Crippen molar-refractivity contribution in [3.05, 3.63) is 18.1 Å². The summed E-state index contributed by atoms with van der Waals surface area (Å²) in [5.74, 6) is 0.894. The first-order valence-corrected chi connectivity index (χ1v) is 5.31. The maximum absolute atomic E-state index is 4.37. The molecule has 1 rings (SSSR count). The van der Waals surface area contributed by atoms with Crippen LogP contribution in [0.15, 0.2) is 12.4 Å². The summed E-state index contributed by atoms with van der Waals surface area (Å²) in [7, 11) is 0. The Morgan fingerprint density at radius 2 is 2.14 bits per heavy atom. The molecule has 1 heterocycles. The van der Waals surface area contributed by atoms with Crippen LogP contribution in [0.2, 0.25) is 0 Å². The zero-order valence-corrected chi connectivity index (χ0v) is 9.25. The second-order valence-corrected chi connectivity index (χ2v) is 3.58. The van der Waals surface area contributed by atoms with E-state index in [2.05, 4.69) is 29.1 Å². The Bertz CT molecular complexity index is 273. The maximum Gasteiger partial charge on any atom is 0.145 e. The van der Waals surface area contributed by atoms with Gasteiger partial charge in [0.05, 0.1) is 11.9 Å². The maximum atomic E-state index is 4.37. The van der Waals surface area contributed by atoms with Crippen LogP contribution in [0.5, 0.6) is 0 Å². The quantitative estimate of drug-likeness (QED) is 0.781. The van der Waals surface area contributed by atoms with Crippen molar-refractivity contribution in [1.29, 1.82) is 0 Å². The molecule has 1 aromatic heterocycles. The SMILES string of the molecule is CCCC(CC)Nc1cncc(C)n1. The minimum Gasteiger partial charge on any atom is -0.366 e. The van der Waals surface area contributed by atoms with Gasteiger partial charge < -0.3 is 5.32 Å². The monoisotopic (exact) mass is 193 g/mol. The fraction of sp³-hybridized carbons (Fsp3) is 0.636. The number of anilines is 1. The van der Waals surface area contributed by atoms with Crippen LogP contribution >= 0.6 is 0 Å². The second kappa shape index (κ2) is 5.58. The van der Waals surface area contributed by atoms with Gasteiger partial charge in [0.25, 0.3) is 0 Å². The zero-order chi connectivity index (χ0) is 10.4. The van der Waals surface area contributed by atoms with Crippen molar-refractivity contribution in [1.82, 2.24) is 9.97 Å². The molecule has 0 aliphatic rings. The number of aromatic nitrogens is 2. The highest BCUT2D eigenvalue weighted by molar-refractivity contribution is 5.32. The van der Waals surface area contributed by atoms with Crippen molar-refractivity contribution in [3.8, 4) is 0 Å². The van der Waals surface area contributed by atoms with Crippen molar-refractivity contribution in [2.45, 2.75) is 46.1 Å². The van der Waals surface area contributed by atoms with Crippen LogP contribution in [0.25, 0.3) is 0 Å². The summed E-state index contributed by atoms with van der Waals surface area (Å²) in [6.45, 7) is 6.35. The van der Waals surface area contributed by atoms with Crippen molar-refractivity contribution in [2.75, 3.05) is 5.32 Å². The van der Waals surface area contributed by atoms with Crippen LogP contribution in [0.1, 0.15) is 38.8 Å². The second-order valence-electron chi connectivity index (χ2n) is 3.58. The molecular weight excluding hydrogens is 174 g/mol. The predicted molar refractivity (Wildman–Crippen MR) is 59.4 cm³/mol. The van der Waals surface area contributed by atoms with Gasteiger partial charge in [0, 0.05) is 12.2 Å². The fourth-order valence-corrected chi connectivity index (χ4v) is 1.47. The first kappa shape index (κ1) is 11.0. The lowest BCUT2D eigenvalue weighted by molar-refractivity contribution is 0.620. The van der Waals surface area contributed by atoms with E-state index in [4.69, 9.17) is 0 Å². The molecule has 1 unspecified atom stereocenters. The average Bonchev–Trinajstić information content (AvgIpc) is 2.17. The fourth-order valence-electron chi connectivity index (χ4n) is 1.47. The van der Waals surface area contributed by atoms with Gasteiger partial charge in [0.1, 0.15) is 5.82 Å². The molecule has 0 aromatic carbocycles. The van der Waals surface area contributed by atoms with E-state index in [0.717, 1.165) is 17.9 Å². The van der Waals surface area contributed by atoms with E-state index in [1.54, 1.807) is 12.4 Å². The number of hydrogen-bond acceptors (Lipinski definition) is 3. The number of nitrogens with zero attached hydrogens (tertiary/aromatic N) is 2. The Hall–Kier alpha value is -1.12. The third-order valence-electron chi connectivity index (χ3n) is 2.24.